The van der Waals surface area contributed by atoms with E-state index < -0.39 is 27.1 Å². The van der Waals surface area contributed by atoms with Crippen LogP contribution in [0.5, 0.6) is 0 Å². The highest BCUT2D eigenvalue weighted by molar-refractivity contribution is 7.90. The van der Waals surface area contributed by atoms with E-state index in [0.717, 1.165) is 12.3 Å². The lowest BCUT2D eigenvalue weighted by Gasteiger charge is -2.20. The lowest BCUT2D eigenvalue weighted by atomic mass is 10.0. The van der Waals surface area contributed by atoms with E-state index in [2.05, 4.69) is 10.1 Å². The molecule has 9 heteroatoms. The number of pyridine rings is 1. The van der Waals surface area contributed by atoms with E-state index in [1.165, 1.54) is 35.9 Å². The standard InChI is InChI=1S/C19H20F3N3O2S/c1-11-16-14(19(20,21)22)10-15(23-17(16)25(24-11)18(2,3)4)12-6-8-13(9-7-12)28(5,26)27/h6-10H,1-5H3. The van der Waals surface area contributed by atoms with Gasteiger partial charge in [-0.3, -0.25) is 0 Å². The first-order valence-corrected chi connectivity index (χ1v) is 10.4. The Morgan fingerprint density at radius 2 is 1.61 bits per heavy atom. The molecule has 0 amide bonds. The van der Waals surface area contributed by atoms with Gasteiger partial charge in [-0.05, 0) is 45.9 Å². The van der Waals surface area contributed by atoms with Crippen LogP contribution in [-0.2, 0) is 21.6 Å². The van der Waals surface area contributed by atoms with Crippen molar-refractivity contribution in [1.82, 2.24) is 14.8 Å². The molecule has 0 fully saturated rings. The molecule has 0 spiro atoms. The molecule has 2 aromatic heterocycles. The summed E-state index contributed by atoms with van der Waals surface area (Å²) in [4.78, 5) is 4.54. The largest absolute Gasteiger partial charge is 0.417 e. The highest BCUT2D eigenvalue weighted by Crippen LogP contribution is 2.39. The zero-order valence-corrected chi connectivity index (χ0v) is 16.9. The first kappa shape index (κ1) is 20.3. The zero-order valence-electron chi connectivity index (χ0n) is 16.1. The van der Waals surface area contributed by atoms with E-state index >= 15 is 0 Å². The summed E-state index contributed by atoms with van der Waals surface area (Å²) < 4.78 is 66.1. The van der Waals surface area contributed by atoms with Crippen LogP contribution >= 0.6 is 0 Å². The smallest absolute Gasteiger partial charge is 0.242 e. The second-order valence-electron chi connectivity index (χ2n) is 7.72. The minimum Gasteiger partial charge on any atom is -0.242 e. The second kappa shape index (κ2) is 6.30. The molecule has 0 radical (unpaired) electrons. The minimum absolute atomic E-state index is 0.0288. The van der Waals surface area contributed by atoms with Crippen LogP contribution in [0.15, 0.2) is 35.2 Å². The molecule has 5 nitrogen and oxygen atoms in total. The van der Waals surface area contributed by atoms with Crippen LogP contribution in [0.4, 0.5) is 13.2 Å². The third-order valence-corrected chi connectivity index (χ3v) is 5.46. The summed E-state index contributed by atoms with van der Waals surface area (Å²) in [6, 6.07) is 6.61. The van der Waals surface area contributed by atoms with Crippen molar-refractivity contribution in [1.29, 1.82) is 0 Å². The molecule has 0 saturated carbocycles. The van der Waals surface area contributed by atoms with Crippen molar-refractivity contribution >= 4 is 20.9 Å². The fourth-order valence-corrected chi connectivity index (χ4v) is 3.63. The number of hydrogen-bond donors (Lipinski definition) is 0. The van der Waals surface area contributed by atoms with Crippen LogP contribution in [0.1, 0.15) is 32.0 Å². The van der Waals surface area contributed by atoms with Crippen molar-refractivity contribution in [2.75, 3.05) is 6.26 Å². The summed E-state index contributed by atoms with van der Waals surface area (Å²) >= 11 is 0. The van der Waals surface area contributed by atoms with Gasteiger partial charge in [0.2, 0.25) is 0 Å². The SMILES string of the molecule is Cc1nn(C(C)(C)C)c2nc(-c3ccc(S(C)(=O)=O)cc3)cc(C(F)(F)F)c12. The van der Waals surface area contributed by atoms with E-state index in [4.69, 9.17) is 0 Å². The van der Waals surface area contributed by atoms with Gasteiger partial charge in [-0.15, -0.1) is 0 Å². The van der Waals surface area contributed by atoms with Crippen LogP contribution in [0.3, 0.4) is 0 Å². The fourth-order valence-electron chi connectivity index (χ4n) is 3.00. The number of hydrogen-bond acceptors (Lipinski definition) is 4. The van der Waals surface area contributed by atoms with Gasteiger partial charge in [0.1, 0.15) is 0 Å². The maximum absolute atomic E-state index is 13.8. The van der Waals surface area contributed by atoms with Crippen molar-refractivity contribution in [3.8, 4) is 11.3 Å². The number of benzene rings is 1. The third-order valence-electron chi connectivity index (χ3n) is 4.33. The van der Waals surface area contributed by atoms with Crippen molar-refractivity contribution < 1.29 is 21.6 Å². The normalized spacial score (nSPS) is 13.3. The number of fused-ring (bicyclic) bond motifs is 1. The van der Waals surface area contributed by atoms with Crippen LogP contribution < -0.4 is 0 Å². The zero-order chi connectivity index (χ0) is 21.1. The fraction of sp³-hybridized carbons (Fsp3) is 0.368. The highest BCUT2D eigenvalue weighted by Gasteiger charge is 2.36. The van der Waals surface area contributed by atoms with Crippen molar-refractivity contribution in [3.05, 3.63) is 41.6 Å². The van der Waals surface area contributed by atoms with Gasteiger partial charge in [0, 0.05) is 11.8 Å². The van der Waals surface area contributed by atoms with Gasteiger partial charge < -0.3 is 0 Å². The first-order chi connectivity index (χ1) is 12.7. The average Bonchev–Trinajstić information content (AvgIpc) is 2.90. The van der Waals surface area contributed by atoms with E-state index in [1.54, 1.807) is 0 Å². The molecule has 1 aromatic carbocycles. The molecule has 0 aliphatic carbocycles. The quantitative estimate of drug-likeness (QED) is 0.619. The Balaban J connectivity index is 2.33. The van der Waals surface area contributed by atoms with Crippen molar-refractivity contribution in [2.45, 2.75) is 44.3 Å². The molecule has 0 bridgehead atoms. The van der Waals surface area contributed by atoms with Gasteiger partial charge in [0.25, 0.3) is 0 Å². The number of sulfone groups is 1. The maximum atomic E-state index is 13.8. The Hall–Kier alpha value is -2.42. The minimum atomic E-state index is -4.58. The summed E-state index contributed by atoms with van der Waals surface area (Å²) in [5.41, 5.74) is -0.496. The van der Waals surface area contributed by atoms with Crippen LogP contribution in [-0.4, -0.2) is 29.4 Å². The lowest BCUT2D eigenvalue weighted by Crippen LogP contribution is -2.23. The topological polar surface area (TPSA) is 64.8 Å². The summed E-state index contributed by atoms with van der Waals surface area (Å²) in [5.74, 6) is 0. The molecule has 0 saturated heterocycles. The molecule has 0 aliphatic heterocycles. The molecule has 2 heterocycles. The summed E-state index contributed by atoms with van der Waals surface area (Å²) in [5, 5.41) is 4.26. The second-order valence-corrected chi connectivity index (χ2v) is 9.73. The summed E-state index contributed by atoms with van der Waals surface area (Å²) in [6.07, 6.45) is -3.52. The number of aryl methyl sites for hydroxylation is 1. The Kier molecular flexibility index (Phi) is 4.57. The Labute approximate surface area is 161 Å². The predicted molar refractivity (Wildman–Crippen MR) is 101 cm³/mol. The van der Waals surface area contributed by atoms with E-state index in [0.29, 0.717) is 5.56 Å². The van der Waals surface area contributed by atoms with Crippen molar-refractivity contribution in [2.24, 2.45) is 0 Å². The van der Waals surface area contributed by atoms with Crippen molar-refractivity contribution in [3.63, 3.8) is 0 Å². The van der Waals surface area contributed by atoms with Gasteiger partial charge in [-0.1, -0.05) is 12.1 Å². The molecular weight excluding hydrogens is 391 g/mol. The number of rotatable bonds is 2. The Morgan fingerprint density at radius 1 is 1.04 bits per heavy atom. The summed E-state index contributed by atoms with van der Waals surface area (Å²) in [7, 11) is -3.41. The molecule has 28 heavy (non-hydrogen) atoms. The average molecular weight is 411 g/mol. The maximum Gasteiger partial charge on any atom is 0.417 e. The Bertz CT molecular complexity index is 1160. The number of aromatic nitrogens is 3. The number of nitrogens with zero attached hydrogens (tertiary/aromatic N) is 3. The van der Waals surface area contributed by atoms with E-state index in [-0.39, 0.29) is 27.3 Å². The van der Waals surface area contributed by atoms with Crippen LogP contribution in [0.2, 0.25) is 0 Å². The molecule has 0 aliphatic rings. The highest BCUT2D eigenvalue weighted by atomic mass is 32.2. The van der Waals surface area contributed by atoms with E-state index in [9.17, 15) is 21.6 Å². The number of halogens is 3. The van der Waals surface area contributed by atoms with Gasteiger partial charge in [-0.25, -0.2) is 18.1 Å². The van der Waals surface area contributed by atoms with Gasteiger partial charge in [0.15, 0.2) is 15.5 Å². The van der Waals surface area contributed by atoms with Gasteiger partial charge in [0.05, 0.1) is 32.8 Å². The predicted octanol–water partition coefficient (Wildman–Crippen LogP) is 4.58. The van der Waals surface area contributed by atoms with E-state index in [1.807, 2.05) is 20.8 Å². The molecule has 0 N–H and O–H groups in total. The molecular formula is C19H20F3N3O2S. The number of alkyl halides is 3. The summed E-state index contributed by atoms with van der Waals surface area (Å²) in [6.45, 7) is 7.03. The molecule has 3 aromatic rings. The van der Waals surface area contributed by atoms with Gasteiger partial charge >= 0.3 is 6.18 Å². The van der Waals surface area contributed by atoms with Crippen LogP contribution in [0.25, 0.3) is 22.3 Å². The monoisotopic (exact) mass is 411 g/mol. The third kappa shape index (κ3) is 3.63. The lowest BCUT2D eigenvalue weighted by molar-refractivity contribution is -0.136. The molecule has 0 atom stereocenters. The first-order valence-electron chi connectivity index (χ1n) is 8.48. The molecule has 150 valence electrons. The van der Waals surface area contributed by atoms with Crippen LogP contribution in [0, 0.1) is 6.92 Å². The molecule has 3 rings (SSSR count). The van der Waals surface area contributed by atoms with Gasteiger partial charge in [-0.2, -0.15) is 18.3 Å². The molecule has 0 unspecified atom stereocenters. The Morgan fingerprint density at radius 3 is 2.07 bits per heavy atom.